The maximum absolute atomic E-state index is 14.0. The van der Waals surface area contributed by atoms with E-state index in [0.29, 0.717) is 16.9 Å². The predicted octanol–water partition coefficient (Wildman–Crippen LogP) is 2.26. The molecule has 2 aromatic heterocycles. The molecule has 2 heterocycles. The third kappa shape index (κ3) is 2.40. The van der Waals surface area contributed by atoms with Crippen LogP contribution in [-0.2, 0) is 0 Å². The van der Waals surface area contributed by atoms with E-state index < -0.39 is 11.7 Å². The topological polar surface area (TPSA) is 82.5 Å². The molecule has 0 bridgehead atoms. The molecule has 2 N–H and O–H groups in total. The van der Waals surface area contributed by atoms with Crippen molar-refractivity contribution in [3.8, 4) is 17.0 Å². The number of hydrogen-bond donors (Lipinski definition) is 1. The normalized spacial score (nSPS) is 11.0. The molecule has 1 aromatic carbocycles. The third-order valence-corrected chi connectivity index (χ3v) is 3.57. The van der Waals surface area contributed by atoms with E-state index >= 15 is 0 Å². The number of primary amides is 1. The van der Waals surface area contributed by atoms with Crippen LogP contribution in [0.5, 0.6) is 5.75 Å². The molecule has 6 nitrogen and oxygen atoms in total. The van der Waals surface area contributed by atoms with E-state index in [1.165, 1.54) is 23.8 Å². The molecular weight excluding hydrogens is 299 g/mol. The van der Waals surface area contributed by atoms with Crippen molar-refractivity contribution in [3.63, 3.8) is 0 Å². The van der Waals surface area contributed by atoms with E-state index in [-0.39, 0.29) is 11.3 Å². The van der Waals surface area contributed by atoms with Crippen molar-refractivity contribution in [1.82, 2.24) is 14.6 Å². The zero-order valence-corrected chi connectivity index (χ0v) is 12.9. The van der Waals surface area contributed by atoms with Crippen molar-refractivity contribution in [1.29, 1.82) is 0 Å². The van der Waals surface area contributed by atoms with Crippen LogP contribution in [0.1, 0.15) is 21.7 Å². The average molecular weight is 314 g/mol. The van der Waals surface area contributed by atoms with Gasteiger partial charge in [0, 0.05) is 17.0 Å². The Hall–Kier alpha value is -2.96. The molecule has 23 heavy (non-hydrogen) atoms. The van der Waals surface area contributed by atoms with Crippen molar-refractivity contribution in [2.75, 3.05) is 7.11 Å². The van der Waals surface area contributed by atoms with Gasteiger partial charge in [0.25, 0.3) is 5.91 Å². The third-order valence-electron chi connectivity index (χ3n) is 3.57. The van der Waals surface area contributed by atoms with Crippen LogP contribution < -0.4 is 10.5 Å². The zero-order chi connectivity index (χ0) is 16.7. The predicted molar refractivity (Wildman–Crippen MR) is 82.9 cm³/mol. The number of nitrogens with two attached hydrogens (primary N) is 1. The summed E-state index contributed by atoms with van der Waals surface area (Å²) in [6, 6.07) is 6.20. The highest BCUT2D eigenvalue weighted by molar-refractivity contribution is 6.04. The van der Waals surface area contributed by atoms with Gasteiger partial charge in [0.15, 0.2) is 17.2 Å². The number of carbonyl (C=O) groups is 1. The number of rotatable bonds is 3. The van der Waals surface area contributed by atoms with Gasteiger partial charge in [-0.1, -0.05) is 0 Å². The molecular formula is C16H15FN4O2. The monoisotopic (exact) mass is 314 g/mol. The highest BCUT2D eigenvalue weighted by Gasteiger charge is 2.22. The number of carbonyl (C=O) groups excluding carboxylic acids is 1. The molecule has 3 aromatic rings. The van der Waals surface area contributed by atoms with Crippen LogP contribution in [0.15, 0.2) is 24.3 Å². The van der Waals surface area contributed by atoms with Crippen LogP contribution in [-0.4, -0.2) is 27.6 Å². The summed E-state index contributed by atoms with van der Waals surface area (Å²) in [5.41, 5.74) is 8.30. The van der Waals surface area contributed by atoms with E-state index in [4.69, 9.17) is 10.5 Å². The Morgan fingerprint density at radius 2 is 2.04 bits per heavy atom. The molecule has 0 spiro atoms. The second-order valence-electron chi connectivity index (χ2n) is 5.21. The van der Waals surface area contributed by atoms with Crippen molar-refractivity contribution in [3.05, 3.63) is 47.0 Å². The van der Waals surface area contributed by atoms with Gasteiger partial charge < -0.3 is 10.5 Å². The van der Waals surface area contributed by atoms with Crippen LogP contribution in [0.4, 0.5) is 4.39 Å². The number of amides is 1. The minimum atomic E-state index is -0.663. The summed E-state index contributed by atoms with van der Waals surface area (Å²) in [7, 11) is 1.38. The first kappa shape index (κ1) is 15.0. The Balaban J connectivity index is 2.33. The summed E-state index contributed by atoms with van der Waals surface area (Å²) in [6.45, 7) is 3.66. The van der Waals surface area contributed by atoms with Crippen molar-refractivity contribution in [2.24, 2.45) is 5.73 Å². The molecule has 1 amide bonds. The fourth-order valence-electron chi connectivity index (χ4n) is 2.56. The summed E-state index contributed by atoms with van der Waals surface area (Å²) in [5, 5.41) is 4.39. The van der Waals surface area contributed by atoms with Crippen LogP contribution in [0.25, 0.3) is 16.9 Å². The number of aromatic nitrogens is 3. The molecule has 0 aliphatic carbocycles. The summed E-state index contributed by atoms with van der Waals surface area (Å²) in [6.07, 6.45) is 0. The first-order valence-corrected chi connectivity index (χ1v) is 6.93. The molecule has 0 aliphatic rings. The number of hydrogen-bond acceptors (Lipinski definition) is 4. The van der Waals surface area contributed by atoms with Gasteiger partial charge in [0.1, 0.15) is 11.3 Å². The van der Waals surface area contributed by atoms with Gasteiger partial charge in [0.2, 0.25) is 0 Å². The van der Waals surface area contributed by atoms with Gasteiger partial charge in [-0.25, -0.2) is 13.9 Å². The molecule has 0 fully saturated rings. The largest absolute Gasteiger partial charge is 0.494 e. The SMILES string of the molecule is COc1ccc(-c2nn3c(C)cc(C)nc3c2C(N)=O)cc1F. The van der Waals surface area contributed by atoms with Gasteiger partial charge in [-0.3, -0.25) is 4.79 Å². The Morgan fingerprint density at radius 3 is 2.65 bits per heavy atom. The zero-order valence-electron chi connectivity index (χ0n) is 12.9. The van der Waals surface area contributed by atoms with E-state index in [2.05, 4.69) is 10.1 Å². The lowest BCUT2D eigenvalue weighted by Gasteiger charge is -2.04. The van der Waals surface area contributed by atoms with Crippen LogP contribution >= 0.6 is 0 Å². The van der Waals surface area contributed by atoms with E-state index in [0.717, 1.165) is 11.4 Å². The van der Waals surface area contributed by atoms with Crippen molar-refractivity contribution < 1.29 is 13.9 Å². The highest BCUT2D eigenvalue weighted by atomic mass is 19.1. The quantitative estimate of drug-likeness (QED) is 0.804. The fourth-order valence-corrected chi connectivity index (χ4v) is 2.56. The van der Waals surface area contributed by atoms with Gasteiger partial charge in [0.05, 0.1) is 7.11 Å². The molecule has 118 valence electrons. The molecule has 0 unspecified atom stereocenters. The summed E-state index contributed by atoms with van der Waals surface area (Å²) in [5.74, 6) is -1.09. The summed E-state index contributed by atoms with van der Waals surface area (Å²) >= 11 is 0. The number of fused-ring (bicyclic) bond motifs is 1. The Kier molecular flexibility index (Phi) is 3.48. The van der Waals surface area contributed by atoms with Crippen molar-refractivity contribution in [2.45, 2.75) is 13.8 Å². The van der Waals surface area contributed by atoms with Gasteiger partial charge >= 0.3 is 0 Å². The number of benzene rings is 1. The van der Waals surface area contributed by atoms with Crippen LogP contribution in [0.3, 0.4) is 0 Å². The molecule has 0 aliphatic heterocycles. The van der Waals surface area contributed by atoms with Crippen molar-refractivity contribution >= 4 is 11.6 Å². The molecule has 0 saturated carbocycles. The highest BCUT2D eigenvalue weighted by Crippen LogP contribution is 2.29. The fraction of sp³-hybridized carbons (Fsp3) is 0.188. The molecule has 0 atom stereocenters. The van der Waals surface area contributed by atoms with Crippen LogP contribution in [0, 0.1) is 19.7 Å². The summed E-state index contributed by atoms with van der Waals surface area (Å²) < 4.78 is 20.4. The second kappa shape index (κ2) is 5.35. The van der Waals surface area contributed by atoms with E-state index in [1.54, 1.807) is 6.07 Å². The maximum Gasteiger partial charge on any atom is 0.254 e. The van der Waals surface area contributed by atoms with Gasteiger partial charge in [-0.2, -0.15) is 5.10 Å². The van der Waals surface area contributed by atoms with E-state index in [1.807, 2.05) is 19.9 Å². The molecule has 3 rings (SSSR count). The number of ether oxygens (including phenoxy) is 1. The Morgan fingerprint density at radius 1 is 1.30 bits per heavy atom. The minimum Gasteiger partial charge on any atom is -0.494 e. The maximum atomic E-state index is 14.0. The van der Waals surface area contributed by atoms with Crippen LogP contribution in [0.2, 0.25) is 0 Å². The van der Waals surface area contributed by atoms with Gasteiger partial charge in [-0.15, -0.1) is 0 Å². The minimum absolute atomic E-state index is 0.114. The summed E-state index contributed by atoms with van der Waals surface area (Å²) in [4.78, 5) is 16.3. The lowest BCUT2D eigenvalue weighted by molar-refractivity contribution is 0.100. The molecule has 0 radical (unpaired) electrons. The van der Waals surface area contributed by atoms with Gasteiger partial charge in [-0.05, 0) is 38.1 Å². The Bertz CT molecular complexity index is 933. The lowest BCUT2D eigenvalue weighted by Crippen LogP contribution is -2.12. The number of halogens is 1. The standard InChI is InChI=1S/C16H15FN4O2/c1-8-6-9(2)21-16(19-8)13(15(18)22)14(20-21)10-4-5-12(23-3)11(17)7-10/h4-7H,1-3H3,(H2,18,22). The average Bonchev–Trinajstić information content (AvgIpc) is 2.86. The number of aryl methyl sites for hydroxylation is 2. The molecule has 0 saturated heterocycles. The Labute approximate surface area is 131 Å². The second-order valence-corrected chi connectivity index (χ2v) is 5.21. The first-order chi connectivity index (χ1) is 10.9. The van der Waals surface area contributed by atoms with E-state index in [9.17, 15) is 9.18 Å². The number of methoxy groups -OCH3 is 1. The number of nitrogens with zero attached hydrogens (tertiary/aromatic N) is 3. The first-order valence-electron chi connectivity index (χ1n) is 6.93. The smallest absolute Gasteiger partial charge is 0.254 e. The lowest BCUT2D eigenvalue weighted by atomic mass is 10.1. The molecule has 7 heteroatoms.